The van der Waals surface area contributed by atoms with E-state index in [4.69, 9.17) is 11.6 Å². The average Bonchev–Trinajstić information content (AvgIpc) is 3.03. The summed E-state index contributed by atoms with van der Waals surface area (Å²) in [5.41, 5.74) is 2.24. The lowest BCUT2D eigenvalue weighted by molar-refractivity contribution is 0.0691. The summed E-state index contributed by atoms with van der Waals surface area (Å²) in [6.45, 7) is 0. The lowest BCUT2D eigenvalue weighted by Gasteiger charge is -2.09. The quantitative estimate of drug-likeness (QED) is 0.520. The molecule has 0 aliphatic carbocycles. The lowest BCUT2D eigenvalue weighted by Crippen LogP contribution is -1.97. The molecular weight excluding hydrogens is 328 g/mol. The number of aromatic carboxylic acids is 1. The highest BCUT2D eigenvalue weighted by Crippen LogP contribution is 2.31. The molecule has 4 rings (SSSR count). The van der Waals surface area contributed by atoms with Gasteiger partial charge in [0.25, 0.3) is 0 Å². The van der Waals surface area contributed by atoms with Crippen LogP contribution in [0.1, 0.15) is 10.5 Å². The van der Waals surface area contributed by atoms with E-state index in [1.165, 1.54) is 0 Å². The van der Waals surface area contributed by atoms with Crippen molar-refractivity contribution in [2.45, 2.75) is 0 Å². The molecule has 3 N–H and O–H groups in total. The third-order valence-electron chi connectivity index (χ3n) is 3.71. The fourth-order valence-corrected chi connectivity index (χ4v) is 2.72. The molecule has 3 heterocycles. The SMILES string of the molecule is O=C(O)c1cc2c([nH]1)c(Nc1ccc(Cl)cc1)nc1ccncc12. The van der Waals surface area contributed by atoms with Gasteiger partial charge in [-0.15, -0.1) is 0 Å². The smallest absolute Gasteiger partial charge is 0.352 e. The summed E-state index contributed by atoms with van der Waals surface area (Å²) in [6, 6.07) is 10.6. The zero-order chi connectivity index (χ0) is 16.7. The largest absolute Gasteiger partial charge is 0.477 e. The Morgan fingerprint density at radius 3 is 2.71 bits per heavy atom. The second-order valence-corrected chi connectivity index (χ2v) is 5.70. The Kier molecular flexibility index (Phi) is 3.32. The number of pyridine rings is 2. The molecule has 0 atom stereocenters. The van der Waals surface area contributed by atoms with E-state index in [1.807, 2.05) is 12.1 Å². The van der Waals surface area contributed by atoms with Crippen LogP contribution in [0.2, 0.25) is 5.02 Å². The zero-order valence-electron chi connectivity index (χ0n) is 12.2. The number of aromatic nitrogens is 3. The van der Waals surface area contributed by atoms with Crippen LogP contribution in [-0.2, 0) is 0 Å². The summed E-state index contributed by atoms with van der Waals surface area (Å²) in [5.74, 6) is -0.487. The molecule has 0 radical (unpaired) electrons. The van der Waals surface area contributed by atoms with Crippen molar-refractivity contribution < 1.29 is 9.90 Å². The van der Waals surface area contributed by atoms with Gasteiger partial charge in [0.1, 0.15) is 5.69 Å². The van der Waals surface area contributed by atoms with Crippen LogP contribution < -0.4 is 5.32 Å². The van der Waals surface area contributed by atoms with Crippen LogP contribution >= 0.6 is 11.6 Å². The molecule has 6 nitrogen and oxygen atoms in total. The van der Waals surface area contributed by atoms with E-state index in [1.54, 1.807) is 36.7 Å². The molecule has 0 saturated heterocycles. The third-order valence-corrected chi connectivity index (χ3v) is 3.96. The number of anilines is 2. The van der Waals surface area contributed by atoms with Crippen molar-refractivity contribution in [1.82, 2.24) is 15.0 Å². The Bertz CT molecular complexity index is 1070. The van der Waals surface area contributed by atoms with Gasteiger partial charge < -0.3 is 15.4 Å². The summed E-state index contributed by atoms with van der Waals surface area (Å²) in [5, 5.41) is 14.6. The number of halogens is 1. The minimum atomic E-state index is -1.03. The first-order valence-electron chi connectivity index (χ1n) is 7.14. The molecule has 0 amide bonds. The maximum atomic E-state index is 11.3. The minimum absolute atomic E-state index is 0.0994. The Balaban J connectivity index is 1.94. The third kappa shape index (κ3) is 2.43. The van der Waals surface area contributed by atoms with Crippen molar-refractivity contribution in [1.29, 1.82) is 0 Å². The molecule has 3 aromatic heterocycles. The number of nitrogens with zero attached hydrogens (tertiary/aromatic N) is 2. The van der Waals surface area contributed by atoms with Gasteiger partial charge in [-0.05, 0) is 36.4 Å². The maximum absolute atomic E-state index is 11.3. The molecule has 118 valence electrons. The van der Waals surface area contributed by atoms with Crippen LogP contribution in [0.15, 0.2) is 48.8 Å². The number of hydrogen-bond donors (Lipinski definition) is 3. The highest BCUT2D eigenvalue weighted by Gasteiger charge is 2.15. The number of carboxylic acids is 1. The van der Waals surface area contributed by atoms with E-state index in [9.17, 15) is 9.90 Å². The molecule has 7 heteroatoms. The van der Waals surface area contributed by atoms with E-state index in [2.05, 4.69) is 20.3 Å². The Labute approximate surface area is 141 Å². The number of nitrogens with one attached hydrogen (secondary N) is 2. The van der Waals surface area contributed by atoms with Crippen molar-refractivity contribution >= 4 is 50.9 Å². The van der Waals surface area contributed by atoms with Gasteiger partial charge >= 0.3 is 5.97 Å². The van der Waals surface area contributed by atoms with Gasteiger partial charge in [0.05, 0.1) is 11.0 Å². The van der Waals surface area contributed by atoms with Crippen molar-refractivity contribution in [3.05, 3.63) is 59.5 Å². The number of H-pyrrole nitrogens is 1. The monoisotopic (exact) mass is 338 g/mol. The number of rotatable bonds is 3. The fraction of sp³-hybridized carbons (Fsp3) is 0. The fourth-order valence-electron chi connectivity index (χ4n) is 2.60. The van der Waals surface area contributed by atoms with Crippen LogP contribution in [-0.4, -0.2) is 26.0 Å². The summed E-state index contributed by atoms with van der Waals surface area (Å²) >= 11 is 5.90. The van der Waals surface area contributed by atoms with Gasteiger partial charge in [0, 0.05) is 33.9 Å². The predicted octanol–water partition coefficient (Wildman–Crippen LogP) is 4.21. The number of carbonyl (C=O) groups is 1. The van der Waals surface area contributed by atoms with E-state index in [0.717, 1.165) is 22.0 Å². The standard InChI is InChI=1S/C17H11ClN4O2/c18-9-1-3-10(4-2-9)20-16-15-11(7-14(21-15)17(23)24)12-8-19-6-5-13(12)22-16/h1-8,21H,(H,20,22)(H,23,24). The first-order valence-corrected chi connectivity index (χ1v) is 7.52. The minimum Gasteiger partial charge on any atom is -0.477 e. The number of aromatic amines is 1. The summed E-state index contributed by atoms with van der Waals surface area (Å²) in [7, 11) is 0. The van der Waals surface area contributed by atoms with Gasteiger partial charge in [0.2, 0.25) is 0 Å². The van der Waals surface area contributed by atoms with Crippen molar-refractivity contribution in [3.8, 4) is 0 Å². The second-order valence-electron chi connectivity index (χ2n) is 5.26. The van der Waals surface area contributed by atoms with E-state index in [0.29, 0.717) is 16.4 Å². The highest BCUT2D eigenvalue weighted by molar-refractivity contribution is 6.30. The first-order chi connectivity index (χ1) is 11.6. The van der Waals surface area contributed by atoms with Gasteiger partial charge in [-0.1, -0.05) is 11.6 Å². The molecule has 0 spiro atoms. The Morgan fingerprint density at radius 2 is 1.96 bits per heavy atom. The second kappa shape index (κ2) is 5.50. The van der Waals surface area contributed by atoms with Gasteiger partial charge in [-0.2, -0.15) is 0 Å². The number of hydrogen-bond acceptors (Lipinski definition) is 4. The van der Waals surface area contributed by atoms with Crippen LogP contribution in [0.5, 0.6) is 0 Å². The summed E-state index contributed by atoms with van der Waals surface area (Å²) < 4.78 is 0. The highest BCUT2D eigenvalue weighted by atomic mass is 35.5. The number of carboxylic acid groups (broad SMARTS) is 1. The van der Waals surface area contributed by atoms with Gasteiger partial charge in [-0.25, -0.2) is 9.78 Å². The molecule has 0 unspecified atom stereocenters. The van der Waals surface area contributed by atoms with Crippen LogP contribution in [0.3, 0.4) is 0 Å². The topological polar surface area (TPSA) is 90.9 Å². The van der Waals surface area contributed by atoms with Crippen molar-refractivity contribution in [2.75, 3.05) is 5.32 Å². The van der Waals surface area contributed by atoms with E-state index in [-0.39, 0.29) is 5.69 Å². The molecule has 0 saturated carbocycles. The molecule has 4 aromatic rings. The predicted molar refractivity (Wildman–Crippen MR) is 93.1 cm³/mol. The van der Waals surface area contributed by atoms with Gasteiger partial charge in [0.15, 0.2) is 5.82 Å². The Morgan fingerprint density at radius 1 is 1.17 bits per heavy atom. The molecule has 0 bridgehead atoms. The zero-order valence-corrected chi connectivity index (χ0v) is 13.0. The molecule has 0 aliphatic heterocycles. The Hall–Kier alpha value is -3.12. The number of benzene rings is 1. The van der Waals surface area contributed by atoms with Crippen molar-refractivity contribution in [2.24, 2.45) is 0 Å². The van der Waals surface area contributed by atoms with Crippen LogP contribution in [0.25, 0.3) is 21.8 Å². The van der Waals surface area contributed by atoms with Crippen LogP contribution in [0, 0.1) is 0 Å². The number of fused-ring (bicyclic) bond motifs is 3. The lowest BCUT2D eigenvalue weighted by atomic mass is 10.1. The summed E-state index contributed by atoms with van der Waals surface area (Å²) in [4.78, 5) is 22.9. The maximum Gasteiger partial charge on any atom is 0.352 e. The van der Waals surface area contributed by atoms with E-state index >= 15 is 0 Å². The average molecular weight is 339 g/mol. The van der Waals surface area contributed by atoms with Crippen LogP contribution in [0.4, 0.5) is 11.5 Å². The summed E-state index contributed by atoms with van der Waals surface area (Å²) in [6.07, 6.45) is 3.33. The molecular formula is C17H11ClN4O2. The van der Waals surface area contributed by atoms with E-state index < -0.39 is 5.97 Å². The molecule has 24 heavy (non-hydrogen) atoms. The molecule has 0 aliphatic rings. The molecule has 1 aromatic carbocycles. The van der Waals surface area contributed by atoms with Crippen molar-refractivity contribution in [3.63, 3.8) is 0 Å². The molecule has 0 fully saturated rings. The van der Waals surface area contributed by atoms with Gasteiger partial charge in [-0.3, -0.25) is 4.98 Å². The first kappa shape index (κ1) is 14.5. The normalized spacial score (nSPS) is 11.0.